The Bertz CT molecular complexity index is 925. The van der Waals surface area contributed by atoms with Gasteiger partial charge in [0.05, 0.1) is 5.56 Å². The van der Waals surface area contributed by atoms with Crippen LogP contribution in [0.1, 0.15) is 30.1 Å². The quantitative estimate of drug-likeness (QED) is 0.405. The number of rotatable bonds is 9. The van der Waals surface area contributed by atoms with E-state index < -0.39 is 5.91 Å². The number of nitrogens with two attached hydrogens (primary N) is 1. The molecule has 1 aliphatic rings. The maximum atomic E-state index is 11.6. The van der Waals surface area contributed by atoms with Gasteiger partial charge in [0.25, 0.3) is 5.91 Å². The second-order valence-electron chi connectivity index (χ2n) is 7.22. The van der Waals surface area contributed by atoms with Crippen LogP contribution in [0.3, 0.4) is 0 Å². The Morgan fingerprint density at radius 1 is 1.16 bits per heavy atom. The average Bonchev–Trinajstić information content (AvgIpc) is 2.77. The van der Waals surface area contributed by atoms with E-state index in [0.29, 0.717) is 31.2 Å². The Morgan fingerprint density at radius 2 is 1.87 bits per heavy atom. The molecule has 2 amide bonds. The summed E-state index contributed by atoms with van der Waals surface area (Å²) in [6.07, 6.45) is 3.26. The molecule has 1 fully saturated rings. The molecule has 164 valence electrons. The van der Waals surface area contributed by atoms with Crippen LogP contribution < -0.4 is 21.3 Å². The minimum absolute atomic E-state index is 0.110. The maximum Gasteiger partial charge on any atom is 0.254 e. The number of hydrogen-bond donors (Lipinski definition) is 3. The molecular formula is C21H27N7O3. The van der Waals surface area contributed by atoms with Crippen molar-refractivity contribution in [2.45, 2.75) is 19.8 Å². The second kappa shape index (κ2) is 10.4. The Labute approximate surface area is 180 Å². The highest BCUT2D eigenvalue weighted by atomic mass is 16.2. The van der Waals surface area contributed by atoms with Gasteiger partial charge in [-0.15, -0.1) is 0 Å². The summed E-state index contributed by atoms with van der Waals surface area (Å²) in [6.45, 7) is 5.11. The highest BCUT2D eigenvalue weighted by molar-refractivity contribution is 5.97. The van der Waals surface area contributed by atoms with Gasteiger partial charge in [-0.2, -0.15) is 4.98 Å². The number of anilines is 4. The molecule has 1 aromatic carbocycles. The van der Waals surface area contributed by atoms with Crippen molar-refractivity contribution in [1.82, 2.24) is 14.9 Å². The van der Waals surface area contributed by atoms with Crippen LogP contribution in [0.15, 0.2) is 30.5 Å². The van der Waals surface area contributed by atoms with Crippen LogP contribution in [0.4, 0.5) is 23.1 Å². The van der Waals surface area contributed by atoms with Crippen LogP contribution in [0, 0.1) is 0 Å². The fourth-order valence-corrected chi connectivity index (χ4v) is 3.31. The van der Waals surface area contributed by atoms with Crippen LogP contribution in [-0.4, -0.2) is 65.7 Å². The van der Waals surface area contributed by atoms with Crippen molar-refractivity contribution < 1.29 is 14.4 Å². The van der Waals surface area contributed by atoms with E-state index in [0.717, 1.165) is 43.8 Å². The largest absolute Gasteiger partial charge is 0.369 e. The number of unbranched alkanes of at least 4 members (excludes halogenated alkanes) is 1. The predicted molar refractivity (Wildman–Crippen MR) is 119 cm³/mol. The number of aromatic nitrogens is 2. The molecule has 2 heterocycles. The lowest BCUT2D eigenvalue weighted by Crippen LogP contribution is -2.48. The smallest absolute Gasteiger partial charge is 0.254 e. The first-order valence-corrected chi connectivity index (χ1v) is 10.2. The molecule has 1 aliphatic heterocycles. The summed E-state index contributed by atoms with van der Waals surface area (Å²) in [6, 6.07) is 7.86. The van der Waals surface area contributed by atoms with Crippen molar-refractivity contribution in [2.24, 2.45) is 5.73 Å². The molecule has 1 aromatic heterocycles. The van der Waals surface area contributed by atoms with Gasteiger partial charge in [0, 0.05) is 63.6 Å². The summed E-state index contributed by atoms with van der Waals surface area (Å²) in [7, 11) is 0. The Hall–Kier alpha value is -3.69. The molecule has 0 aliphatic carbocycles. The SMILES string of the molecule is CC(=O)N1CCN(c2ccc(Nc3ncc(C(N)=O)c(NCCCC=O)n3)cc2)CC1. The summed E-state index contributed by atoms with van der Waals surface area (Å²) < 4.78 is 0. The fraction of sp³-hybridized carbons (Fsp3) is 0.381. The summed E-state index contributed by atoms with van der Waals surface area (Å²) >= 11 is 0. The topological polar surface area (TPSA) is 134 Å². The van der Waals surface area contributed by atoms with Crippen molar-refractivity contribution in [3.63, 3.8) is 0 Å². The van der Waals surface area contributed by atoms with Crippen LogP contribution in [-0.2, 0) is 9.59 Å². The summed E-state index contributed by atoms with van der Waals surface area (Å²) in [5, 5.41) is 6.16. The number of hydrogen-bond acceptors (Lipinski definition) is 8. The van der Waals surface area contributed by atoms with Gasteiger partial charge in [-0.1, -0.05) is 0 Å². The van der Waals surface area contributed by atoms with Crippen LogP contribution >= 0.6 is 0 Å². The number of nitrogens with one attached hydrogen (secondary N) is 2. The van der Waals surface area contributed by atoms with Gasteiger partial charge < -0.3 is 31.0 Å². The standard InChI is InChI=1S/C21H27N7O3/c1-15(30)27-9-11-28(12-10-27)17-6-4-16(5-7-17)25-21-24-14-18(19(22)31)20(26-21)23-8-2-3-13-29/h4-7,13-14H,2-3,8-12H2,1H3,(H2,22,31)(H2,23,24,25,26). The van der Waals surface area contributed by atoms with E-state index in [1.807, 2.05) is 29.2 Å². The van der Waals surface area contributed by atoms with E-state index in [-0.39, 0.29) is 11.5 Å². The molecule has 2 aromatic rings. The molecule has 31 heavy (non-hydrogen) atoms. The van der Waals surface area contributed by atoms with E-state index in [9.17, 15) is 14.4 Å². The van der Waals surface area contributed by atoms with Crippen LogP contribution in [0.25, 0.3) is 0 Å². The summed E-state index contributed by atoms with van der Waals surface area (Å²) in [5.41, 5.74) is 7.47. The third-order valence-electron chi connectivity index (χ3n) is 5.06. The number of nitrogens with zero attached hydrogens (tertiary/aromatic N) is 4. The lowest BCUT2D eigenvalue weighted by molar-refractivity contribution is -0.129. The van der Waals surface area contributed by atoms with Gasteiger partial charge in [-0.05, 0) is 30.7 Å². The molecule has 3 rings (SSSR count). The summed E-state index contributed by atoms with van der Waals surface area (Å²) in [5.74, 6) is 0.138. The normalized spacial score (nSPS) is 13.6. The van der Waals surface area contributed by atoms with E-state index in [1.165, 1.54) is 6.20 Å². The van der Waals surface area contributed by atoms with Gasteiger partial charge in [0.2, 0.25) is 11.9 Å². The molecule has 0 unspecified atom stereocenters. The van der Waals surface area contributed by atoms with E-state index in [1.54, 1.807) is 6.92 Å². The molecule has 0 spiro atoms. The Kier molecular flexibility index (Phi) is 7.36. The lowest BCUT2D eigenvalue weighted by Gasteiger charge is -2.35. The highest BCUT2D eigenvalue weighted by Crippen LogP contribution is 2.22. The molecule has 0 saturated carbocycles. The third kappa shape index (κ3) is 5.91. The van der Waals surface area contributed by atoms with E-state index in [4.69, 9.17) is 5.73 Å². The maximum absolute atomic E-state index is 11.6. The molecule has 10 nitrogen and oxygen atoms in total. The molecular weight excluding hydrogens is 398 g/mol. The van der Waals surface area contributed by atoms with Crippen molar-refractivity contribution >= 4 is 41.2 Å². The zero-order valence-corrected chi connectivity index (χ0v) is 17.5. The van der Waals surface area contributed by atoms with Crippen LogP contribution in [0.5, 0.6) is 0 Å². The molecule has 1 saturated heterocycles. The average molecular weight is 425 g/mol. The zero-order chi connectivity index (χ0) is 22.2. The van der Waals surface area contributed by atoms with Gasteiger partial charge in [-0.3, -0.25) is 9.59 Å². The monoisotopic (exact) mass is 425 g/mol. The number of aldehydes is 1. The van der Waals surface area contributed by atoms with Gasteiger partial charge in [0.1, 0.15) is 12.1 Å². The van der Waals surface area contributed by atoms with Crippen molar-refractivity contribution in [2.75, 3.05) is 48.3 Å². The number of benzene rings is 1. The van der Waals surface area contributed by atoms with E-state index >= 15 is 0 Å². The van der Waals surface area contributed by atoms with Gasteiger partial charge in [0.15, 0.2) is 0 Å². The summed E-state index contributed by atoms with van der Waals surface area (Å²) in [4.78, 5) is 46.2. The zero-order valence-electron chi connectivity index (χ0n) is 17.5. The molecule has 10 heteroatoms. The number of piperazine rings is 1. The second-order valence-corrected chi connectivity index (χ2v) is 7.22. The fourth-order valence-electron chi connectivity index (χ4n) is 3.31. The van der Waals surface area contributed by atoms with Gasteiger partial charge >= 0.3 is 0 Å². The number of carbonyl (C=O) groups excluding carboxylic acids is 3. The minimum atomic E-state index is -0.626. The van der Waals surface area contributed by atoms with Crippen molar-refractivity contribution in [3.8, 4) is 0 Å². The lowest BCUT2D eigenvalue weighted by atomic mass is 10.2. The first-order chi connectivity index (χ1) is 15.0. The molecule has 0 bridgehead atoms. The Balaban J connectivity index is 1.64. The molecule has 4 N–H and O–H groups in total. The Morgan fingerprint density at radius 3 is 2.48 bits per heavy atom. The van der Waals surface area contributed by atoms with Crippen molar-refractivity contribution in [3.05, 3.63) is 36.0 Å². The number of primary amides is 1. The minimum Gasteiger partial charge on any atom is -0.369 e. The first kappa shape index (κ1) is 22.0. The van der Waals surface area contributed by atoms with E-state index in [2.05, 4.69) is 25.5 Å². The number of carbonyl (C=O) groups is 3. The van der Waals surface area contributed by atoms with Crippen molar-refractivity contribution in [1.29, 1.82) is 0 Å². The third-order valence-corrected chi connectivity index (χ3v) is 5.06. The van der Waals surface area contributed by atoms with Gasteiger partial charge in [-0.25, -0.2) is 4.98 Å². The number of amides is 2. The first-order valence-electron chi connectivity index (χ1n) is 10.2. The molecule has 0 atom stereocenters. The molecule has 0 radical (unpaired) electrons. The van der Waals surface area contributed by atoms with Crippen LogP contribution in [0.2, 0.25) is 0 Å². The predicted octanol–water partition coefficient (Wildman–Crippen LogP) is 1.38. The highest BCUT2D eigenvalue weighted by Gasteiger charge is 2.18.